The number of amides is 1. The summed E-state index contributed by atoms with van der Waals surface area (Å²) in [6, 6.07) is 6.70. The van der Waals surface area contributed by atoms with Crippen LogP contribution in [0.25, 0.3) is 0 Å². The first-order valence-corrected chi connectivity index (χ1v) is 7.45. The monoisotopic (exact) mass is 309 g/mol. The van der Waals surface area contributed by atoms with Crippen LogP contribution in [0.15, 0.2) is 24.3 Å². The fraction of sp³-hybridized carbons (Fsp3) is 0.588. The minimum absolute atomic E-state index is 0.0459. The highest BCUT2D eigenvalue weighted by Gasteiger charge is 2.28. The third kappa shape index (κ3) is 5.56. The first kappa shape index (κ1) is 18.3. The van der Waals surface area contributed by atoms with Gasteiger partial charge >= 0.3 is 6.09 Å². The minimum Gasteiger partial charge on any atom is -0.497 e. The molecular weight excluding hydrogens is 282 g/mol. The number of alkyl carbamates (subject to hydrolysis) is 1. The van der Waals surface area contributed by atoms with Crippen molar-refractivity contribution in [3.63, 3.8) is 0 Å². The molecule has 0 fully saturated rings. The third-order valence-corrected chi connectivity index (χ3v) is 3.20. The molecule has 1 aromatic rings. The Morgan fingerprint density at radius 2 is 1.73 bits per heavy atom. The van der Waals surface area contributed by atoms with Gasteiger partial charge < -0.3 is 19.9 Å². The Balaban J connectivity index is 2.82. The summed E-state index contributed by atoms with van der Waals surface area (Å²) in [4.78, 5) is 11.9. The van der Waals surface area contributed by atoms with Crippen LogP contribution in [0.2, 0.25) is 0 Å². The van der Waals surface area contributed by atoms with Crippen molar-refractivity contribution < 1.29 is 19.4 Å². The van der Waals surface area contributed by atoms with E-state index < -0.39 is 23.8 Å². The van der Waals surface area contributed by atoms with Crippen LogP contribution >= 0.6 is 0 Å². The van der Waals surface area contributed by atoms with Gasteiger partial charge in [-0.2, -0.15) is 0 Å². The molecule has 0 radical (unpaired) electrons. The number of methoxy groups -OCH3 is 1. The number of carbonyl (C=O) groups excluding carboxylic acids is 1. The molecule has 0 heterocycles. The molecule has 0 saturated heterocycles. The highest BCUT2D eigenvalue weighted by atomic mass is 16.6. The van der Waals surface area contributed by atoms with E-state index in [1.54, 1.807) is 52.1 Å². The summed E-state index contributed by atoms with van der Waals surface area (Å²) < 4.78 is 10.4. The number of aliphatic hydroxyl groups is 1. The molecule has 2 N–H and O–H groups in total. The molecule has 0 aliphatic carbocycles. The van der Waals surface area contributed by atoms with Gasteiger partial charge in [0.25, 0.3) is 0 Å². The molecule has 5 nitrogen and oxygen atoms in total. The Labute approximate surface area is 132 Å². The van der Waals surface area contributed by atoms with E-state index in [1.165, 1.54) is 0 Å². The molecule has 2 atom stereocenters. The summed E-state index contributed by atoms with van der Waals surface area (Å²) in [6.45, 7) is 9.29. The number of aliphatic hydroxyl groups excluding tert-OH is 1. The molecule has 0 aliphatic rings. The summed E-state index contributed by atoms with van der Waals surface area (Å²) in [7, 11) is 1.59. The number of ether oxygens (including phenoxy) is 2. The lowest BCUT2D eigenvalue weighted by atomic mass is 9.93. The molecule has 22 heavy (non-hydrogen) atoms. The van der Waals surface area contributed by atoms with Crippen molar-refractivity contribution in [3.05, 3.63) is 29.8 Å². The Morgan fingerprint density at radius 3 is 2.14 bits per heavy atom. The lowest BCUT2D eigenvalue weighted by molar-refractivity contribution is 0.0374. The second kappa shape index (κ2) is 7.49. The number of carbonyl (C=O) groups is 1. The van der Waals surface area contributed by atoms with Crippen molar-refractivity contribution in [2.45, 2.75) is 52.4 Å². The molecular formula is C17H27NO4. The van der Waals surface area contributed by atoms with Crippen molar-refractivity contribution in [2.24, 2.45) is 5.92 Å². The summed E-state index contributed by atoms with van der Waals surface area (Å²) in [5.74, 6) is 0.766. The molecule has 1 rings (SSSR count). The van der Waals surface area contributed by atoms with Crippen molar-refractivity contribution in [1.29, 1.82) is 0 Å². The number of benzene rings is 1. The fourth-order valence-corrected chi connectivity index (χ4v) is 2.06. The first-order chi connectivity index (χ1) is 10.1. The zero-order valence-electron chi connectivity index (χ0n) is 14.2. The van der Waals surface area contributed by atoms with Crippen LogP contribution in [0.1, 0.15) is 46.3 Å². The van der Waals surface area contributed by atoms with Gasteiger partial charge in [0.2, 0.25) is 0 Å². The lowest BCUT2D eigenvalue weighted by Gasteiger charge is -2.29. The standard InChI is InChI=1S/C17H27NO4/c1-11(2)14(18-16(20)22-17(3,4)5)15(19)12-7-9-13(21-6)10-8-12/h7-11,14-15,19H,1-6H3,(H,18,20)/t14-,15-/m1/s1. The Morgan fingerprint density at radius 1 is 1.18 bits per heavy atom. The molecule has 1 amide bonds. The van der Waals surface area contributed by atoms with Gasteiger partial charge in [0.1, 0.15) is 11.4 Å². The summed E-state index contributed by atoms with van der Waals surface area (Å²) in [6.07, 6.45) is -1.35. The van der Waals surface area contributed by atoms with Crippen molar-refractivity contribution >= 4 is 6.09 Å². The second-order valence-electron chi connectivity index (χ2n) is 6.63. The average Bonchev–Trinajstić information content (AvgIpc) is 2.42. The smallest absolute Gasteiger partial charge is 0.407 e. The number of nitrogens with one attached hydrogen (secondary N) is 1. The Bertz CT molecular complexity index is 476. The topological polar surface area (TPSA) is 67.8 Å². The molecule has 0 aromatic heterocycles. The molecule has 0 aliphatic heterocycles. The molecule has 5 heteroatoms. The predicted octanol–water partition coefficient (Wildman–Crippen LogP) is 3.28. The molecule has 0 spiro atoms. The van der Waals surface area contributed by atoms with Crippen LogP contribution in [0.5, 0.6) is 5.75 Å². The summed E-state index contributed by atoms with van der Waals surface area (Å²) >= 11 is 0. The van der Waals surface area contributed by atoms with E-state index >= 15 is 0 Å². The molecule has 0 bridgehead atoms. The van der Waals surface area contributed by atoms with E-state index in [0.717, 1.165) is 11.3 Å². The number of rotatable bonds is 5. The fourth-order valence-electron chi connectivity index (χ4n) is 2.06. The van der Waals surface area contributed by atoms with Crippen molar-refractivity contribution in [3.8, 4) is 5.75 Å². The van der Waals surface area contributed by atoms with Gasteiger partial charge in [-0.3, -0.25) is 0 Å². The van der Waals surface area contributed by atoms with Gasteiger partial charge in [-0.15, -0.1) is 0 Å². The van der Waals surface area contributed by atoms with Crippen LogP contribution in [0.4, 0.5) is 4.79 Å². The SMILES string of the molecule is COc1ccc([C@@H](O)[C@H](NC(=O)OC(C)(C)C)C(C)C)cc1. The zero-order chi connectivity index (χ0) is 16.9. The van der Waals surface area contributed by atoms with Gasteiger partial charge in [0, 0.05) is 0 Å². The zero-order valence-corrected chi connectivity index (χ0v) is 14.2. The van der Waals surface area contributed by atoms with Gasteiger partial charge in [-0.05, 0) is 44.4 Å². The maximum absolute atomic E-state index is 11.9. The van der Waals surface area contributed by atoms with E-state index in [0.29, 0.717) is 0 Å². The maximum atomic E-state index is 11.9. The Hall–Kier alpha value is -1.75. The number of hydrogen-bond donors (Lipinski definition) is 2. The van der Waals surface area contributed by atoms with Crippen molar-refractivity contribution in [1.82, 2.24) is 5.32 Å². The van der Waals surface area contributed by atoms with Crippen molar-refractivity contribution in [2.75, 3.05) is 7.11 Å². The highest BCUT2D eigenvalue weighted by Crippen LogP contribution is 2.24. The lowest BCUT2D eigenvalue weighted by Crippen LogP contribution is -2.45. The number of hydrogen-bond acceptors (Lipinski definition) is 4. The van der Waals surface area contributed by atoms with Gasteiger partial charge in [0.15, 0.2) is 0 Å². The molecule has 1 aromatic carbocycles. The van der Waals surface area contributed by atoms with Crippen LogP contribution in [-0.2, 0) is 4.74 Å². The van der Waals surface area contributed by atoms with Gasteiger partial charge in [-0.25, -0.2) is 4.79 Å². The second-order valence-corrected chi connectivity index (χ2v) is 6.63. The summed E-state index contributed by atoms with van der Waals surface area (Å²) in [5.41, 5.74) is 0.145. The largest absolute Gasteiger partial charge is 0.497 e. The Kier molecular flexibility index (Phi) is 6.23. The van der Waals surface area contributed by atoms with Gasteiger partial charge in [0.05, 0.1) is 19.3 Å². The summed E-state index contributed by atoms with van der Waals surface area (Å²) in [5, 5.41) is 13.3. The van der Waals surface area contributed by atoms with Gasteiger partial charge in [-0.1, -0.05) is 26.0 Å². The predicted molar refractivity (Wildman–Crippen MR) is 85.9 cm³/mol. The van der Waals surface area contributed by atoms with Crippen LogP contribution in [0, 0.1) is 5.92 Å². The molecule has 124 valence electrons. The third-order valence-electron chi connectivity index (χ3n) is 3.20. The van der Waals surface area contributed by atoms with E-state index in [2.05, 4.69) is 5.32 Å². The van der Waals surface area contributed by atoms with Crippen LogP contribution in [-0.4, -0.2) is 30.0 Å². The average molecular weight is 309 g/mol. The minimum atomic E-state index is -0.821. The highest BCUT2D eigenvalue weighted by molar-refractivity contribution is 5.68. The first-order valence-electron chi connectivity index (χ1n) is 7.45. The molecule has 0 unspecified atom stereocenters. The normalized spacial score (nSPS) is 14.4. The van der Waals surface area contributed by atoms with E-state index in [-0.39, 0.29) is 5.92 Å². The van der Waals surface area contributed by atoms with E-state index in [1.807, 2.05) is 13.8 Å². The quantitative estimate of drug-likeness (QED) is 0.876. The van der Waals surface area contributed by atoms with Crippen LogP contribution in [0.3, 0.4) is 0 Å². The van der Waals surface area contributed by atoms with Crippen LogP contribution < -0.4 is 10.1 Å². The van der Waals surface area contributed by atoms with E-state index in [4.69, 9.17) is 9.47 Å². The van der Waals surface area contributed by atoms with E-state index in [9.17, 15) is 9.90 Å². The maximum Gasteiger partial charge on any atom is 0.407 e. The molecule has 0 saturated carbocycles.